The SMILES string of the molecule is Cc1ccc(C(N)C(=O)NCC2(c3ccccc3)CC2)cc1.Cl. The molecule has 0 radical (unpaired) electrons. The van der Waals surface area contributed by atoms with Gasteiger partial charge in [-0.3, -0.25) is 4.79 Å². The van der Waals surface area contributed by atoms with Gasteiger partial charge in [0.05, 0.1) is 0 Å². The minimum Gasteiger partial charge on any atom is -0.354 e. The lowest BCUT2D eigenvalue weighted by Gasteiger charge is -2.19. The van der Waals surface area contributed by atoms with Crippen LogP contribution in [0.4, 0.5) is 0 Å². The summed E-state index contributed by atoms with van der Waals surface area (Å²) in [6.07, 6.45) is 2.24. The summed E-state index contributed by atoms with van der Waals surface area (Å²) in [4.78, 5) is 12.3. The molecule has 3 rings (SSSR count). The number of nitrogens with two attached hydrogens (primary N) is 1. The van der Waals surface area contributed by atoms with Crippen LogP contribution in [0.3, 0.4) is 0 Å². The number of hydrogen-bond acceptors (Lipinski definition) is 2. The number of carbonyl (C=O) groups excluding carboxylic acids is 1. The standard InChI is InChI=1S/C19H22N2O.ClH/c1-14-7-9-15(10-8-14)17(20)18(22)21-13-19(11-12-19)16-5-3-2-4-6-16;/h2-10,17H,11-13,20H2,1H3,(H,21,22);1H. The van der Waals surface area contributed by atoms with Crippen molar-refractivity contribution in [3.05, 3.63) is 71.3 Å². The summed E-state index contributed by atoms with van der Waals surface area (Å²) in [6, 6.07) is 17.6. The van der Waals surface area contributed by atoms with Crippen LogP contribution >= 0.6 is 12.4 Å². The van der Waals surface area contributed by atoms with Crippen molar-refractivity contribution in [2.24, 2.45) is 5.73 Å². The zero-order valence-corrected chi connectivity index (χ0v) is 14.1. The second kappa shape index (κ2) is 7.16. The fourth-order valence-electron chi connectivity index (χ4n) is 2.80. The molecule has 2 aromatic rings. The maximum absolute atomic E-state index is 12.3. The van der Waals surface area contributed by atoms with E-state index in [0.29, 0.717) is 6.54 Å². The first kappa shape index (κ1) is 17.5. The van der Waals surface area contributed by atoms with E-state index >= 15 is 0 Å². The second-order valence-electron chi connectivity index (χ2n) is 6.25. The Balaban J connectivity index is 0.00000192. The first-order valence-electron chi connectivity index (χ1n) is 7.76. The van der Waals surface area contributed by atoms with Crippen molar-refractivity contribution in [3.8, 4) is 0 Å². The number of carbonyl (C=O) groups is 1. The van der Waals surface area contributed by atoms with Crippen LogP contribution in [0.25, 0.3) is 0 Å². The van der Waals surface area contributed by atoms with Gasteiger partial charge in [0.2, 0.25) is 5.91 Å². The van der Waals surface area contributed by atoms with E-state index in [9.17, 15) is 4.79 Å². The molecule has 1 amide bonds. The lowest BCUT2D eigenvalue weighted by Crippen LogP contribution is -2.38. The Kier molecular flexibility index (Phi) is 5.45. The van der Waals surface area contributed by atoms with Crippen LogP contribution in [0.1, 0.15) is 35.6 Å². The van der Waals surface area contributed by atoms with Crippen LogP contribution in [0.2, 0.25) is 0 Å². The number of nitrogens with one attached hydrogen (secondary N) is 1. The van der Waals surface area contributed by atoms with Crippen molar-refractivity contribution < 1.29 is 4.79 Å². The predicted octanol–water partition coefficient (Wildman–Crippen LogP) is 3.26. The van der Waals surface area contributed by atoms with E-state index < -0.39 is 6.04 Å². The summed E-state index contributed by atoms with van der Waals surface area (Å²) in [5.41, 5.74) is 9.50. The van der Waals surface area contributed by atoms with Crippen molar-refractivity contribution in [1.82, 2.24) is 5.32 Å². The molecule has 3 N–H and O–H groups in total. The maximum atomic E-state index is 12.3. The molecule has 1 atom stereocenters. The van der Waals surface area contributed by atoms with Crippen LogP contribution in [0.15, 0.2) is 54.6 Å². The highest BCUT2D eigenvalue weighted by atomic mass is 35.5. The predicted molar refractivity (Wildman–Crippen MR) is 95.7 cm³/mol. The topological polar surface area (TPSA) is 55.1 Å². The van der Waals surface area contributed by atoms with Crippen LogP contribution in [0, 0.1) is 6.92 Å². The third kappa shape index (κ3) is 3.92. The Hall–Kier alpha value is -1.84. The molecule has 1 aliphatic carbocycles. The van der Waals surface area contributed by atoms with E-state index in [1.165, 1.54) is 5.56 Å². The van der Waals surface area contributed by atoms with Crippen LogP contribution < -0.4 is 11.1 Å². The average Bonchev–Trinajstić information content (AvgIpc) is 3.35. The van der Waals surface area contributed by atoms with Crippen LogP contribution in [0.5, 0.6) is 0 Å². The molecule has 0 aliphatic heterocycles. The van der Waals surface area contributed by atoms with Crippen molar-refractivity contribution in [3.63, 3.8) is 0 Å². The molecule has 3 nitrogen and oxygen atoms in total. The molecule has 23 heavy (non-hydrogen) atoms. The van der Waals surface area contributed by atoms with E-state index in [0.717, 1.165) is 24.0 Å². The number of rotatable bonds is 5. The highest BCUT2D eigenvalue weighted by Gasteiger charge is 2.44. The van der Waals surface area contributed by atoms with Crippen molar-refractivity contribution in [2.75, 3.05) is 6.54 Å². The molecule has 122 valence electrons. The highest BCUT2D eigenvalue weighted by Crippen LogP contribution is 2.47. The molecule has 0 aromatic heterocycles. The van der Waals surface area contributed by atoms with E-state index in [1.807, 2.05) is 37.3 Å². The fraction of sp³-hybridized carbons (Fsp3) is 0.316. The second-order valence-corrected chi connectivity index (χ2v) is 6.25. The largest absolute Gasteiger partial charge is 0.354 e. The minimum absolute atomic E-state index is 0. The Bertz CT molecular complexity index is 651. The van der Waals surface area contributed by atoms with Gasteiger partial charge in [-0.25, -0.2) is 0 Å². The highest BCUT2D eigenvalue weighted by molar-refractivity contribution is 5.85. The Morgan fingerprint density at radius 2 is 1.74 bits per heavy atom. The molecule has 0 spiro atoms. The van der Waals surface area contributed by atoms with E-state index in [-0.39, 0.29) is 23.7 Å². The normalized spacial score (nSPS) is 16.1. The molecule has 2 aromatic carbocycles. The Morgan fingerprint density at radius 3 is 2.30 bits per heavy atom. The van der Waals surface area contributed by atoms with Crippen molar-refractivity contribution in [2.45, 2.75) is 31.2 Å². The summed E-state index contributed by atoms with van der Waals surface area (Å²) in [6.45, 7) is 2.68. The fourth-order valence-corrected chi connectivity index (χ4v) is 2.80. The lowest BCUT2D eigenvalue weighted by atomic mass is 9.95. The monoisotopic (exact) mass is 330 g/mol. The average molecular weight is 331 g/mol. The third-order valence-corrected chi connectivity index (χ3v) is 4.56. The summed E-state index contributed by atoms with van der Waals surface area (Å²) in [5.74, 6) is -0.106. The van der Waals surface area contributed by atoms with Gasteiger partial charge in [-0.15, -0.1) is 12.4 Å². The molecule has 1 aliphatic rings. The van der Waals surface area contributed by atoms with Gasteiger partial charge >= 0.3 is 0 Å². The van der Waals surface area contributed by atoms with Gasteiger partial charge in [0.1, 0.15) is 6.04 Å². The van der Waals surface area contributed by atoms with Gasteiger partial charge in [-0.05, 0) is 30.9 Å². The van der Waals surface area contributed by atoms with E-state index in [1.54, 1.807) is 0 Å². The summed E-state index contributed by atoms with van der Waals surface area (Å²) < 4.78 is 0. The van der Waals surface area contributed by atoms with Gasteiger partial charge in [0.25, 0.3) is 0 Å². The summed E-state index contributed by atoms with van der Waals surface area (Å²) in [7, 11) is 0. The molecular formula is C19H23ClN2O. The molecule has 0 bridgehead atoms. The molecule has 4 heteroatoms. The number of hydrogen-bond donors (Lipinski definition) is 2. The zero-order valence-electron chi connectivity index (χ0n) is 13.3. The van der Waals surface area contributed by atoms with Gasteiger partial charge < -0.3 is 11.1 Å². The molecule has 1 saturated carbocycles. The van der Waals surface area contributed by atoms with Crippen molar-refractivity contribution in [1.29, 1.82) is 0 Å². The number of aryl methyl sites for hydroxylation is 1. The molecule has 0 heterocycles. The first-order valence-corrected chi connectivity index (χ1v) is 7.76. The van der Waals surface area contributed by atoms with E-state index in [2.05, 4.69) is 29.6 Å². The Labute approximate surface area is 143 Å². The molecule has 1 unspecified atom stereocenters. The minimum atomic E-state index is -0.604. The van der Waals surface area contributed by atoms with Gasteiger partial charge in [-0.2, -0.15) is 0 Å². The summed E-state index contributed by atoms with van der Waals surface area (Å²) in [5, 5.41) is 3.03. The lowest BCUT2D eigenvalue weighted by molar-refractivity contribution is -0.122. The maximum Gasteiger partial charge on any atom is 0.241 e. The molecule has 1 fully saturated rings. The van der Waals surface area contributed by atoms with Crippen molar-refractivity contribution >= 4 is 18.3 Å². The van der Waals surface area contributed by atoms with Gasteiger partial charge in [0.15, 0.2) is 0 Å². The van der Waals surface area contributed by atoms with Crippen LogP contribution in [-0.2, 0) is 10.2 Å². The smallest absolute Gasteiger partial charge is 0.241 e. The number of amides is 1. The van der Waals surface area contributed by atoms with E-state index in [4.69, 9.17) is 5.73 Å². The number of halogens is 1. The Morgan fingerprint density at radius 1 is 1.13 bits per heavy atom. The zero-order chi connectivity index (χ0) is 15.6. The van der Waals surface area contributed by atoms with Gasteiger partial charge in [0, 0.05) is 12.0 Å². The van der Waals surface area contributed by atoms with Gasteiger partial charge in [-0.1, -0.05) is 60.2 Å². The first-order chi connectivity index (χ1) is 10.6. The summed E-state index contributed by atoms with van der Waals surface area (Å²) >= 11 is 0. The third-order valence-electron chi connectivity index (χ3n) is 4.56. The number of benzene rings is 2. The molecular weight excluding hydrogens is 308 g/mol. The quantitative estimate of drug-likeness (QED) is 0.884. The molecule has 0 saturated heterocycles. The van der Waals surface area contributed by atoms with Crippen LogP contribution in [-0.4, -0.2) is 12.5 Å².